The molecule has 3 heterocycles. The van der Waals surface area contributed by atoms with E-state index < -0.39 is 5.54 Å². The van der Waals surface area contributed by atoms with Crippen LogP contribution in [-0.2, 0) is 5.54 Å². The summed E-state index contributed by atoms with van der Waals surface area (Å²) in [7, 11) is 0. The van der Waals surface area contributed by atoms with Crippen LogP contribution in [0.1, 0.15) is 47.8 Å². The Morgan fingerprint density at radius 1 is 1.04 bits per heavy atom. The Bertz CT molecular complexity index is 973. The molecule has 0 spiro atoms. The molecule has 5 nitrogen and oxygen atoms in total. The fraction of sp³-hybridized carbons (Fsp3) is 0.304. The molecule has 1 aliphatic heterocycles. The number of rotatable bonds is 5. The van der Waals surface area contributed by atoms with Crippen LogP contribution in [0.3, 0.4) is 0 Å². The van der Waals surface area contributed by atoms with Gasteiger partial charge in [0.1, 0.15) is 11.9 Å². The number of benzene rings is 1. The maximum Gasteiger partial charge on any atom is 0.119 e. The van der Waals surface area contributed by atoms with Crippen molar-refractivity contribution in [3.05, 3.63) is 89.5 Å². The predicted octanol–water partition coefficient (Wildman–Crippen LogP) is 3.51. The number of ether oxygens (including phenoxy) is 1. The smallest absolute Gasteiger partial charge is 0.119 e. The van der Waals surface area contributed by atoms with Crippen molar-refractivity contribution in [2.75, 3.05) is 6.61 Å². The van der Waals surface area contributed by atoms with E-state index in [1.165, 1.54) is 19.3 Å². The Morgan fingerprint density at radius 3 is 2.68 bits per heavy atom. The Labute approximate surface area is 165 Å². The number of fused-ring (bicyclic) bond motifs is 1. The molecule has 3 N–H and O–H groups in total. The number of aromatic nitrogens is 2. The summed E-state index contributed by atoms with van der Waals surface area (Å²) >= 11 is 0. The average molecular weight is 372 g/mol. The van der Waals surface area contributed by atoms with Crippen molar-refractivity contribution in [1.29, 1.82) is 0 Å². The van der Waals surface area contributed by atoms with Gasteiger partial charge < -0.3 is 10.5 Å². The maximum absolute atomic E-state index is 6.44. The Kier molecular flexibility index (Phi) is 4.34. The summed E-state index contributed by atoms with van der Waals surface area (Å²) in [4.78, 5) is 8.75. The zero-order valence-electron chi connectivity index (χ0n) is 15.7. The second-order valence-electron chi connectivity index (χ2n) is 7.68. The molecule has 0 amide bonds. The van der Waals surface area contributed by atoms with Gasteiger partial charge in [0.05, 0.1) is 17.8 Å². The molecule has 1 saturated carbocycles. The van der Waals surface area contributed by atoms with Gasteiger partial charge >= 0.3 is 0 Å². The lowest BCUT2D eigenvalue weighted by molar-refractivity contribution is 0.180. The van der Waals surface area contributed by atoms with E-state index in [-0.39, 0.29) is 6.17 Å². The summed E-state index contributed by atoms with van der Waals surface area (Å²) < 4.78 is 6.12. The van der Waals surface area contributed by atoms with Crippen LogP contribution in [-0.4, -0.2) is 16.6 Å². The second kappa shape index (κ2) is 7.00. The highest BCUT2D eigenvalue weighted by Crippen LogP contribution is 2.45. The molecule has 2 aromatic heterocycles. The first-order chi connectivity index (χ1) is 13.8. The molecule has 2 unspecified atom stereocenters. The van der Waals surface area contributed by atoms with Crippen LogP contribution in [0.15, 0.2) is 67.1 Å². The van der Waals surface area contributed by atoms with Gasteiger partial charge in [0, 0.05) is 24.2 Å². The third kappa shape index (κ3) is 2.79. The largest absolute Gasteiger partial charge is 0.493 e. The van der Waals surface area contributed by atoms with Crippen molar-refractivity contribution in [2.24, 2.45) is 11.7 Å². The lowest BCUT2D eigenvalue weighted by Gasteiger charge is -2.33. The lowest BCUT2D eigenvalue weighted by Crippen LogP contribution is -2.42. The number of nitrogens with one attached hydrogen (secondary N) is 1. The van der Waals surface area contributed by atoms with E-state index in [0.717, 1.165) is 34.7 Å². The van der Waals surface area contributed by atoms with E-state index in [2.05, 4.69) is 39.6 Å². The van der Waals surface area contributed by atoms with Gasteiger partial charge in [0.25, 0.3) is 0 Å². The lowest BCUT2D eigenvalue weighted by atomic mass is 9.79. The molecule has 2 atom stereocenters. The normalized spacial score (nSPS) is 23.8. The highest BCUT2D eigenvalue weighted by Gasteiger charge is 2.46. The Hall–Kier alpha value is -2.76. The van der Waals surface area contributed by atoms with Gasteiger partial charge in [0.2, 0.25) is 0 Å². The highest BCUT2D eigenvalue weighted by atomic mass is 16.5. The molecule has 5 rings (SSSR count). The average Bonchev–Trinajstić information content (AvgIpc) is 3.02. The van der Waals surface area contributed by atoms with Gasteiger partial charge in [-0.25, -0.2) is 0 Å². The minimum Gasteiger partial charge on any atom is -0.493 e. The van der Waals surface area contributed by atoms with Crippen LogP contribution in [0.4, 0.5) is 0 Å². The molecule has 2 aliphatic rings. The first-order valence-electron chi connectivity index (χ1n) is 9.90. The molecule has 5 heteroatoms. The SMILES string of the molecule is NC1NC(c2ccncc2)(c2cccc(OCC3CCC3)c2)c2cccnc21. The fourth-order valence-electron chi connectivity index (χ4n) is 4.30. The van der Waals surface area contributed by atoms with Crippen LogP contribution >= 0.6 is 0 Å². The number of nitrogens with two attached hydrogens (primary N) is 1. The van der Waals surface area contributed by atoms with Crippen molar-refractivity contribution in [2.45, 2.75) is 31.0 Å². The molecular weight excluding hydrogens is 348 g/mol. The number of pyridine rings is 2. The predicted molar refractivity (Wildman–Crippen MR) is 108 cm³/mol. The molecule has 1 fully saturated rings. The quantitative estimate of drug-likeness (QED) is 0.717. The van der Waals surface area contributed by atoms with Gasteiger partial charge in [-0.05, 0) is 60.2 Å². The molecule has 142 valence electrons. The van der Waals surface area contributed by atoms with Crippen molar-refractivity contribution in [3.8, 4) is 5.75 Å². The van der Waals surface area contributed by atoms with E-state index in [4.69, 9.17) is 10.5 Å². The minimum absolute atomic E-state index is 0.344. The van der Waals surface area contributed by atoms with Crippen LogP contribution in [0.2, 0.25) is 0 Å². The summed E-state index contributed by atoms with van der Waals surface area (Å²) in [5.41, 5.74) is 9.98. The molecule has 3 aromatic rings. The summed E-state index contributed by atoms with van der Waals surface area (Å²) in [5, 5.41) is 3.61. The molecule has 0 saturated heterocycles. The third-order valence-electron chi connectivity index (χ3n) is 6.00. The van der Waals surface area contributed by atoms with Crippen molar-refractivity contribution >= 4 is 0 Å². The van der Waals surface area contributed by atoms with Crippen LogP contribution in [0, 0.1) is 5.92 Å². The summed E-state index contributed by atoms with van der Waals surface area (Å²) in [6, 6.07) is 16.5. The van der Waals surface area contributed by atoms with Crippen LogP contribution < -0.4 is 15.8 Å². The van der Waals surface area contributed by atoms with E-state index >= 15 is 0 Å². The zero-order chi connectivity index (χ0) is 19.0. The summed E-state index contributed by atoms with van der Waals surface area (Å²) in [6.45, 7) is 0.788. The Morgan fingerprint density at radius 2 is 1.89 bits per heavy atom. The van der Waals surface area contributed by atoms with Gasteiger partial charge in [0.15, 0.2) is 0 Å². The monoisotopic (exact) mass is 372 g/mol. The standard InChI is InChI=1S/C23H24N4O/c24-22-21-20(8-3-11-26-21)23(27-22,17-9-12-25-13-10-17)18-6-2-7-19(14-18)28-15-16-4-1-5-16/h2-3,6-14,16,22,27H,1,4-5,15,24H2. The summed E-state index contributed by atoms with van der Waals surface area (Å²) in [6.07, 6.45) is 8.95. The molecule has 1 aliphatic carbocycles. The number of hydrogen-bond donors (Lipinski definition) is 2. The minimum atomic E-state index is -0.582. The Balaban J connectivity index is 1.61. The zero-order valence-corrected chi connectivity index (χ0v) is 15.7. The first kappa shape index (κ1) is 17.3. The molecule has 1 aromatic carbocycles. The van der Waals surface area contributed by atoms with Gasteiger partial charge in [-0.3, -0.25) is 15.3 Å². The van der Waals surface area contributed by atoms with E-state index in [1.807, 2.05) is 36.7 Å². The molecule has 0 radical (unpaired) electrons. The molecule has 0 bridgehead atoms. The van der Waals surface area contributed by atoms with Crippen LogP contribution in [0.5, 0.6) is 5.75 Å². The van der Waals surface area contributed by atoms with Gasteiger partial charge in [-0.1, -0.05) is 24.6 Å². The first-order valence-corrected chi connectivity index (χ1v) is 9.90. The fourth-order valence-corrected chi connectivity index (χ4v) is 4.30. The van der Waals surface area contributed by atoms with Crippen molar-refractivity contribution in [1.82, 2.24) is 15.3 Å². The third-order valence-corrected chi connectivity index (χ3v) is 6.00. The molecule has 28 heavy (non-hydrogen) atoms. The van der Waals surface area contributed by atoms with Gasteiger partial charge in [-0.2, -0.15) is 0 Å². The van der Waals surface area contributed by atoms with Crippen LogP contribution in [0.25, 0.3) is 0 Å². The maximum atomic E-state index is 6.44. The topological polar surface area (TPSA) is 73.1 Å². The number of nitrogens with zero attached hydrogens (tertiary/aromatic N) is 2. The second-order valence-corrected chi connectivity index (χ2v) is 7.68. The van der Waals surface area contributed by atoms with E-state index in [0.29, 0.717) is 5.92 Å². The van der Waals surface area contributed by atoms with Gasteiger partial charge in [-0.15, -0.1) is 0 Å². The van der Waals surface area contributed by atoms with E-state index in [1.54, 1.807) is 6.20 Å². The highest BCUT2D eigenvalue weighted by molar-refractivity contribution is 5.55. The summed E-state index contributed by atoms with van der Waals surface area (Å²) in [5.74, 6) is 1.59. The van der Waals surface area contributed by atoms with E-state index in [9.17, 15) is 0 Å². The van der Waals surface area contributed by atoms with Crippen molar-refractivity contribution in [3.63, 3.8) is 0 Å². The molecular formula is C23H24N4O. The van der Waals surface area contributed by atoms with Crippen molar-refractivity contribution < 1.29 is 4.74 Å². The number of hydrogen-bond acceptors (Lipinski definition) is 5.